The maximum absolute atomic E-state index is 13.7. The van der Waals surface area contributed by atoms with Crippen LogP contribution in [0.1, 0.15) is 122 Å². The summed E-state index contributed by atoms with van der Waals surface area (Å²) in [6.07, 6.45) is -1.89. The third-order valence-corrected chi connectivity index (χ3v) is 6.46. The van der Waals surface area contributed by atoms with Crippen LogP contribution in [0.3, 0.4) is 0 Å². The van der Waals surface area contributed by atoms with E-state index in [4.69, 9.17) is 24.7 Å². The largest absolute Gasteiger partial charge is 0.460 e. The number of carbonyl (C=O) groups is 8. The first kappa shape index (κ1) is 49.7. The van der Waals surface area contributed by atoms with Crippen molar-refractivity contribution in [2.45, 2.75) is 175 Å². The van der Waals surface area contributed by atoms with Gasteiger partial charge in [0.2, 0.25) is 23.6 Å². The molecule has 0 radical (unpaired) electrons. The van der Waals surface area contributed by atoms with Crippen LogP contribution < -0.4 is 27.0 Å². The molecule has 0 spiro atoms. The highest BCUT2D eigenvalue weighted by Gasteiger charge is 2.34. The molecule has 0 aliphatic rings. The normalized spacial score (nSPS) is 14.9. The molecule has 0 aromatic heterocycles. The molecule has 0 aliphatic heterocycles. The Morgan fingerprint density at radius 1 is 0.519 bits per heavy atom. The zero-order valence-electron chi connectivity index (χ0n) is 34.1. The van der Waals surface area contributed by atoms with E-state index in [0.717, 1.165) is 0 Å². The van der Waals surface area contributed by atoms with E-state index in [1.807, 2.05) is 0 Å². The van der Waals surface area contributed by atoms with E-state index in [1.165, 1.54) is 6.92 Å². The summed E-state index contributed by atoms with van der Waals surface area (Å²) in [5.41, 5.74) is 2.52. The first-order valence-electron chi connectivity index (χ1n) is 17.8. The standard InChI is InChI=1S/C36H63N5O13/c1-20(32(50)54-36(11,12)13)38-31(49)24(19-42)41-29(47)22(15-17-26(44)52-34(5,6)7)39-30(48)23(18-27(45)53-35(8,9)10)40-28(46)21(37)14-16-25(43)51-33(2,3)4/h20-24,42H,14-19,37H2,1-13H3,(H,38,49)(H,39,48)(H,40,46)(H,41,47)/t20-,21-,22-,23-,24-/m0/s1. The van der Waals surface area contributed by atoms with Crippen molar-refractivity contribution in [3.8, 4) is 0 Å². The third kappa shape index (κ3) is 22.7. The van der Waals surface area contributed by atoms with Gasteiger partial charge in [-0.25, -0.2) is 4.79 Å². The number of carbonyl (C=O) groups excluding carboxylic acids is 8. The Balaban J connectivity index is 6.29. The topological polar surface area (TPSA) is 268 Å². The third-order valence-electron chi connectivity index (χ3n) is 6.46. The lowest BCUT2D eigenvalue weighted by atomic mass is 10.1. The van der Waals surface area contributed by atoms with Gasteiger partial charge in [-0.05, 0) is 103 Å². The molecule has 0 aromatic carbocycles. The fraction of sp³-hybridized carbons (Fsp3) is 0.778. The molecule has 310 valence electrons. The number of amides is 4. The van der Waals surface area contributed by atoms with E-state index < -0.39 is 120 Å². The average molecular weight is 774 g/mol. The van der Waals surface area contributed by atoms with Gasteiger partial charge in [0, 0.05) is 12.8 Å². The van der Waals surface area contributed by atoms with Gasteiger partial charge >= 0.3 is 23.9 Å². The minimum atomic E-state index is -1.66. The highest BCUT2D eigenvalue weighted by molar-refractivity contribution is 5.97. The van der Waals surface area contributed by atoms with Gasteiger partial charge in [-0.3, -0.25) is 33.6 Å². The van der Waals surface area contributed by atoms with Gasteiger partial charge in [0.05, 0.1) is 19.1 Å². The number of hydrogen-bond donors (Lipinski definition) is 6. The number of aliphatic hydroxyl groups is 1. The summed E-state index contributed by atoms with van der Waals surface area (Å²) in [7, 11) is 0. The van der Waals surface area contributed by atoms with Crippen molar-refractivity contribution in [2.24, 2.45) is 5.73 Å². The van der Waals surface area contributed by atoms with Gasteiger partial charge in [0.25, 0.3) is 0 Å². The maximum atomic E-state index is 13.7. The summed E-state index contributed by atoms with van der Waals surface area (Å²) in [4.78, 5) is 103. The lowest BCUT2D eigenvalue weighted by molar-refractivity contribution is -0.158. The zero-order valence-corrected chi connectivity index (χ0v) is 34.1. The number of ether oxygens (including phenoxy) is 4. The van der Waals surface area contributed by atoms with Gasteiger partial charge < -0.3 is 51.1 Å². The Hall–Kier alpha value is -4.32. The van der Waals surface area contributed by atoms with E-state index in [1.54, 1.807) is 83.1 Å². The van der Waals surface area contributed by atoms with Crippen molar-refractivity contribution >= 4 is 47.5 Å². The second kappa shape index (κ2) is 21.0. The van der Waals surface area contributed by atoms with E-state index in [0.29, 0.717) is 0 Å². The number of hydrogen-bond acceptors (Lipinski definition) is 14. The molecule has 0 heterocycles. The monoisotopic (exact) mass is 773 g/mol. The molecule has 0 aliphatic carbocycles. The number of rotatable bonds is 18. The minimum Gasteiger partial charge on any atom is -0.460 e. The molecule has 0 bridgehead atoms. The van der Waals surface area contributed by atoms with E-state index in [-0.39, 0.29) is 19.3 Å². The van der Waals surface area contributed by atoms with Crippen molar-refractivity contribution in [3.05, 3.63) is 0 Å². The number of aliphatic hydroxyl groups excluding tert-OH is 1. The van der Waals surface area contributed by atoms with Gasteiger partial charge in [-0.2, -0.15) is 0 Å². The van der Waals surface area contributed by atoms with Crippen molar-refractivity contribution in [2.75, 3.05) is 6.61 Å². The predicted octanol–water partition coefficient (Wildman–Crippen LogP) is 0.582. The van der Waals surface area contributed by atoms with Crippen molar-refractivity contribution in [3.63, 3.8) is 0 Å². The molecule has 18 heteroatoms. The van der Waals surface area contributed by atoms with Crippen molar-refractivity contribution in [1.29, 1.82) is 0 Å². The average Bonchev–Trinajstić information content (AvgIpc) is 2.96. The van der Waals surface area contributed by atoms with Crippen LogP contribution in [0.4, 0.5) is 0 Å². The van der Waals surface area contributed by atoms with Gasteiger partial charge in [0.1, 0.15) is 46.6 Å². The molecule has 0 saturated heterocycles. The van der Waals surface area contributed by atoms with Crippen molar-refractivity contribution in [1.82, 2.24) is 21.3 Å². The van der Waals surface area contributed by atoms with Crippen LogP contribution in [0.5, 0.6) is 0 Å². The molecule has 18 nitrogen and oxygen atoms in total. The first-order valence-corrected chi connectivity index (χ1v) is 17.8. The molecule has 5 atom stereocenters. The Bertz CT molecular complexity index is 1340. The smallest absolute Gasteiger partial charge is 0.328 e. The number of nitrogens with two attached hydrogens (primary N) is 1. The second-order valence-electron chi connectivity index (χ2n) is 16.8. The van der Waals surface area contributed by atoms with Crippen LogP contribution in [0.15, 0.2) is 0 Å². The molecule has 0 aromatic rings. The summed E-state index contributed by atoms with van der Waals surface area (Å²) in [6, 6.07) is -7.36. The predicted molar refractivity (Wildman–Crippen MR) is 195 cm³/mol. The highest BCUT2D eigenvalue weighted by atomic mass is 16.6. The van der Waals surface area contributed by atoms with E-state index >= 15 is 0 Å². The first-order chi connectivity index (χ1) is 24.3. The second-order valence-corrected chi connectivity index (χ2v) is 16.8. The molecule has 0 saturated carbocycles. The molecule has 7 N–H and O–H groups in total. The summed E-state index contributed by atoms with van der Waals surface area (Å²) in [6.45, 7) is 20.0. The van der Waals surface area contributed by atoms with Crippen molar-refractivity contribution < 1.29 is 62.4 Å². The lowest BCUT2D eigenvalue weighted by Gasteiger charge is -2.27. The van der Waals surface area contributed by atoms with Crippen LogP contribution in [0, 0.1) is 0 Å². The van der Waals surface area contributed by atoms with Crippen LogP contribution >= 0.6 is 0 Å². The number of nitrogens with one attached hydrogen (secondary N) is 4. The molecule has 54 heavy (non-hydrogen) atoms. The molecule has 0 rings (SSSR count). The summed E-state index contributed by atoms with van der Waals surface area (Å²) in [5, 5.41) is 19.4. The Morgan fingerprint density at radius 3 is 1.33 bits per heavy atom. The fourth-order valence-electron chi connectivity index (χ4n) is 4.26. The number of esters is 4. The molecule has 4 amide bonds. The van der Waals surface area contributed by atoms with Gasteiger partial charge in [0.15, 0.2) is 0 Å². The quantitative estimate of drug-likeness (QED) is 0.0822. The fourth-order valence-corrected chi connectivity index (χ4v) is 4.26. The molecule has 0 unspecified atom stereocenters. The Kier molecular flexibility index (Phi) is 19.3. The van der Waals surface area contributed by atoms with Crippen LogP contribution in [0.2, 0.25) is 0 Å². The van der Waals surface area contributed by atoms with Crippen LogP contribution in [-0.2, 0) is 57.3 Å². The maximum Gasteiger partial charge on any atom is 0.328 e. The summed E-state index contributed by atoms with van der Waals surface area (Å²) < 4.78 is 21.1. The summed E-state index contributed by atoms with van der Waals surface area (Å²) >= 11 is 0. The molecular weight excluding hydrogens is 710 g/mol. The summed E-state index contributed by atoms with van der Waals surface area (Å²) in [5.74, 6) is -6.98. The van der Waals surface area contributed by atoms with Crippen LogP contribution in [-0.4, -0.2) is 112 Å². The zero-order chi connectivity index (χ0) is 42.4. The lowest BCUT2D eigenvalue weighted by Crippen LogP contribution is -2.59. The highest BCUT2D eigenvalue weighted by Crippen LogP contribution is 2.14. The Morgan fingerprint density at radius 2 is 0.889 bits per heavy atom. The Labute approximate surface area is 318 Å². The van der Waals surface area contributed by atoms with E-state index in [9.17, 15) is 43.5 Å². The minimum absolute atomic E-state index is 0.167. The van der Waals surface area contributed by atoms with E-state index in [2.05, 4.69) is 21.3 Å². The SMILES string of the molecule is C[C@H](NC(=O)[C@H](CO)NC(=O)[C@H](CCC(=O)OC(C)(C)C)NC(=O)[C@H](CC(=O)OC(C)(C)C)NC(=O)[C@@H](N)CCC(=O)OC(C)(C)C)C(=O)OC(C)(C)C. The molecular formula is C36H63N5O13. The van der Waals surface area contributed by atoms with Crippen LogP contribution in [0.25, 0.3) is 0 Å². The van der Waals surface area contributed by atoms with Gasteiger partial charge in [-0.1, -0.05) is 0 Å². The molecule has 0 fully saturated rings. The van der Waals surface area contributed by atoms with Gasteiger partial charge in [-0.15, -0.1) is 0 Å².